The lowest BCUT2D eigenvalue weighted by atomic mass is 10.1. The second-order valence-corrected chi connectivity index (χ2v) is 7.16. The maximum Gasteiger partial charge on any atom is 0.315 e. The average Bonchev–Trinajstić information content (AvgIpc) is 2.54. The van der Waals surface area contributed by atoms with E-state index in [2.05, 4.69) is 32.6 Å². The Morgan fingerprint density at radius 3 is 2.29 bits per heavy atom. The predicted octanol–water partition coefficient (Wildman–Crippen LogP) is 1.91. The van der Waals surface area contributed by atoms with Crippen LogP contribution in [-0.2, 0) is 0 Å². The summed E-state index contributed by atoms with van der Waals surface area (Å²) in [5.74, 6) is 0.886. The van der Waals surface area contributed by atoms with Gasteiger partial charge in [0.05, 0.1) is 7.11 Å². The lowest BCUT2D eigenvalue weighted by molar-refractivity contribution is 0.225. The van der Waals surface area contributed by atoms with Crippen LogP contribution < -0.4 is 20.3 Å². The van der Waals surface area contributed by atoms with E-state index in [1.807, 2.05) is 32.9 Å². The molecular formula is C18H30N4O2. The molecule has 2 N–H and O–H groups in total. The molecule has 2 amide bonds. The summed E-state index contributed by atoms with van der Waals surface area (Å²) < 4.78 is 5.20. The Balaban J connectivity index is 1.68. The largest absolute Gasteiger partial charge is 0.497 e. The fraction of sp³-hybridized carbons (Fsp3) is 0.611. The molecule has 1 aliphatic rings. The molecular weight excluding hydrogens is 304 g/mol. The van der Waals surface area contributed by atoms with Crippen molar-refractivity contribution in [3.05, 3.63) is 24.3 Å². The van der Waals surface area contributed by atoms with Crippen molar-refractivity contribution in [2.24, 2.45) is 0 Å². The number of benzene rings is 1. The van der Waals surface area contributed by atoms with Gasteiger partial charge < -0.3 is 20.3 Å². The van der Waals surface area contributed by atoms with E-state index in [0.717, 1.165) is 38.5 Å². The second-order valence-electron chi connectivity index (χ2n) is 7.16. The SMILES string of the molecule is COc1ccc(N2CCN(CCNC(=O)NC(C)(C)C)CC2)cc1. The number of rotatable bonds is 5. The van der Waals surface area contributed by atoms with E-state index in [0.29, 0.717) is 6.54 Å². The summed E-state index contributed by atoms with van der Waals surface area (Å²) in [7, 11) is 1.68. The van der Waals surface area contributed by atoms with Crippen molar-refractivity contribution in [3.8, 4) is 5.75 Å². The molecule has 2 rings (SSSR count). The minimum atomic E-state index is -0.200. The molecule has 1 heterocycles. The number of ether oxygens (including phenoxy) is 1. The normalized spacial score (nSPS) is 15.9. The average molecular weight is 334 g/mol. The van der Waals surface area contributed by atoms with Gasteiger partial charge in [-0.05, 0) is 45.0 Å². The number of nitrogens with zero attached hydrogens (tertiary/aromatic N) is 2. The Morgan fingerprint density at radius 2 is 1.75 bits per heavy atom. The third-order valence-corrected chi connectivity index (χ3v) is 4.01. The molecule has 1 fully saturated rings. The minimum Gasteiger partial charge on any atom is -0.497 e. The van der Waals surface area contributed by atoms with Crippen LogP contribution in [-0.4, -0.2) is 62.8 Å². The van der Waals surface area contributed by atoms with Crippen LogP contribution in [0.25, 0.3) is 0 Å². The van der Waals surface area contributed by atoms with Crippen LogP contribution in [0.2, 0.25) is 0 Å². The van der Waals surface area contributed by atoms with Gasteiger partial charge in [0.1, 0.15) is 5.75 Å². The Kier molecular flexibility index (Phi) is 6.31. The Labute approximate surface area is 145 Å². The highest BCUT2D eigenvalue weighted by Gasteiger charge is 2.18. The quantitative estimate of drug-likeness (QED) is 0.864. The number of urea groups is 1. The maximum atomic E-state index is 11.7. The van der Waals surface area contributed by atoms with Crippen LogP contribution in [0.5, 0.6) is 5.75 Å². The third-order valence-electron chi connectivity index (χ3n) is 4.01. The molecule has 6 heteroatoms. The molecule has 0 spiro atoms. The van der Waals surface area contributed by atoms with Crippen LogP contribution in [0, 0.1) is 0 Å². The summed E-state index contributed by atoms with van der Waals surface area (Å²) in [6.45, 7) is 11.5. The number of carbonyl (C=O) groups excluding carboxylic acids is 1. The Morgan fingerprint density at radius 1 is 1.12 bits per heavy atom. The van der Waals surface area contributed by atoms with Gasteiger partial charge in [-0.2, -0.15) is 0 Å². The van der Waals surface area contributed by atoms with Gasteiger partial charge in [-0.3, -0.25) is 4.90 Å². The summed E-state index contributed by atoms with van der Waals surface area (Å²) >= 11 is 0. The van der Waals surface area contributed by atoms with Crippen molar-refractivity contribution < 1.29 is 9.53 Å². The van der Waals surface area contributed by atoms with Crippen LogP contribution in [0.1, 0.15) is 20.8 Å². The van der Waals surface area contributed by atoms with Crippen molar-refractivity contribution in [3.63, 3.8) is 0 Å². The summed E-state index contributed by atoms with van der Waals surface area (Å²) in [5.41, 5.74) is 1.03. The predicted molar refractivity (Wildman–Crippen MR) is 97.9 cm³/mol. The minimum absolute atomic E-state index is 0.0978. The highest BCUT2D eigenvalue weighted by molar-refractivity contribution is 5.74. The molecule has 1 aliphatic heterocycles. The number of hydrogen-bond acceptors (Lipinski definition) is 4. The van der Waals surface area contributed by atoms with E-state index in [1.54, 1.807) is 7.11 Å². The molecule has 1 aromatic carbocycles. The smallest absolute Gasteiger partial charge is 0.315 e. The van der Waals surface area contributed by atoms with Crippen molar-refractivity contribution in [1.29, 1.82) is 0 Å². The molecule has 6 nitrogen and oxygen atoms in total. The highest BCUT2D eigenvalue weighted by atomic mass is 16.5. The summed E-state index contributed by atoms with van der Waals surface area (Å²) in [6, 6.07) is 8.11. The monoisotopic (exact) mass is 334 g/mol. The van der Waals surface area contributed by atoms with Gasteiger partial charge in [0.2, 0.25) is 0 Å². The van der Waals surface area contributed by atoms with E-state index in [9.17, 15) is 4.79 Å². The van der Waals surface area contributed by atoms with Gasteiger partial charge >= 0.3 is 6.03 Å². The lowest BCUT2D eigenvalue weighted by Gasteiger charge is -2.36. The fourth-order valence-electron chi connectivity index (χ4n) is 2.74. The van der Waals surface area contributed by atoms with Crippen LogP contribution >= 0.6 is 0 Å². The topological polar surface area (TPSA) is 56.8 Å². The summed E-state index contributed by atoms with van der Waals surface area (Å²) in [4.78, 5) is 16.5. The number of carbonyl (C=O) groups is 1. The van der Waals surface area contributed by atoms with Crippen LogP contribution in [0.3, 0.4) is 0 Å². The van der Waals surface area contributed by atoms with E-state index in [1.165, 1.54) is 5.69 Å². The molecule has 134 valence electrons. The molecule has 1 saturated heterocycles. The van der Waals surface area contributed by atoms with Crippen molar-refractivity contribution in [2.45, 2.75) is 26.3 Å². The van der Waals surface area contributed by atoms with E-state index in [-0.39, 0.29) is 11.6 Å². The number of piperazine rings is 1. The van der Waals surface area contributed by atoms with Crippen LogP contribution in [0.4, 0.5) is 10.5 Å². The first-order valence-corrected chi connectivity index (χ1v) is 8.55. The lowest BCUT2D eigenvalue weighted by Crippen LogP contribution is -2.51. The van der Waals surface area contributed by atoms with Crippen LogP contribution in [0.15, 0.2) is 24.3 Å². The zero-order chi connectivity index (χ0) is 17.6. The van der Waals surface area contributed by atoms with E-state index >= 15 is 0 Å². The highest BCUT2D eigenvalue weighted by Crippen LogP contribution is 2.20. The van der Waals surface area contributed by atoms with Gasteiger partial charge in [0.25, 0.3) is 0 Å². The molecule has 0 atom stereocenters. The first-order chi connectivity index (χ1) is 11.4. The Bertz CT molecular complexity index is 517. The molecule has 0 saturated carbocycles. The number of amides is 2. The van der Waals surface area contributed by atoms with E-state index in [4.69, 9.17) is 4.74 Å². The molecule has 1 aromatic rings. The second kappa shape index (κ2) is 8.24. The zero-order valence-electron chi connectivity index (χ0n) is 15.3. The van der Waals surface area contributed by atoms with Crippen molar-refractivity contribution in [2.75, 3.05) is 51.3 Å². The molecule has 0 unspecified atom stereocenters. The first-order valence-electron chi connectivity index (χ1n) is 8.55. The number of nitrogens with one attached hydrogen (secondary N) is 2. The molecule has 0 aliphatic carbocycles. The molecule has 0 bridgehead atoms. The molecule has 24 heavy (non-hydrogen) atoms. The summed E-state index contributed by atoms with van der Waals surface area (Å²) in [5, 5.41) is 5.83. The zero-order valence-corrected chi connectivity index (χ0v) is 15.3. The van der Waals surface area contributed by atoms with E-state index < -0.39 is 0 Å². The third kappa shape index (κ3) is 5.92. The standard InChI is InChI=1S/C18H30N4O2/c1-18(2,3)20-17(23)19-9-10-21-11-13-22(14-12-21)15-5-7-16(24-4)8-6-15/h5-8H,9-14H2,1-4H3,(H2,19,20,23). The van der Waals surface area contributed by atoms with Gasteiger partial charge in [0, 0.05) is 50.5 Å². The molecule has 0 radical (unpaired) electrons. The number of methoxy groups -OCH3 is 1. The van der Waals surface area contributed by atoms with Crippen molar-refractivity contribution in [1.82, 2.24) is 15.5 Å². The Hall–Kier alpha value is -1.95. The molecule has 0 aromatic heterocycles. The number of hydrogen-bond donors (Lipinski definition) is 2. The first kappa shape index (κ1) is 18.4. The number of anilines is 1. The maximum absolute atomic E-state index is 11.7. The van der Waals surface area contributed by atoms with Gasteiger partial charge in [-0.15, -0.1) is 0 Å². The van der Waals surface area contributed by atoms with Crippen molar-refractivity contribution >= 4 is 11.7 Å². The summed E-state index contributed by atoms with van der Waals surface area (Å²) in [6.07, 6.45) is 0. The van der Waals surface area contributed by atoms with Gasteiger partial charge in [0.15, 0.2) is 0 Å². The van der Waals surface area contributed by atoms with Gasteiger partial charge in [-0.25, -0.2) is 4.79 Å². The van der Waals surface area contributed by atoms with Gasteiger partial charge in [-0.1, -0.05) is 0 Å². The fourth-order valence-corrected chi connectivity index (χ4v) is 2.74.